The van der Waals surface area contributed by atoms with Crippen LogP contribution in [0.4, 0.5) is 0 Å². The van der Waals surface area contributed by atoms with E-state index in [1.807, 2.05) is 0 Å². The zero-order chi connectivity index (χ0) is 71.8. The van der Waals surface area contributed by atoms with Gasteiger partial charge in [0.05, 0.1) is 26.4 Å². The minimum absolute atomic E-state index is 0.0735. The van der Waals surface area contributed by atoms with E-state index >= 15 is 0 Å². The summed E-state index contributed by atoms with van der Waals surface area (Å²) in [6.07, 6.45) is 76.2. The molecule has 0 radical (unpaired) electrons. The lowest BCUT2D eigenvalue weighted by atomic mass is 10.1. The highest BCUT2D eigenvalue weighted by molar-refractivity contribution is 7.47. The van der Waals surface area contributed by atoms with Gasteiger partial charge in [-0.2, -0.15) is 0 Å². The summed E-state index contributed by atoms with van der Waals surface area (Å²) in [4.78, 5) is 72.8. The second-order valence-corrected chi connectivity index (χ2v) is 27.7. The lowest BCUT2D eigenvalue weighted by Crippen LogP contribution is -2.30. The average Bonchev–Trinajstić information content (AvgIpc) is 0.971. The molecule has 0 bridgehead atoms. The zero-order valence-electron chi connectivity index (χ0n) is 61.2. The number of ether oxygens (including phenoxy) is 4. The number of aliphatic hydroxyl groups is 1. The van der Waals surface area contributed by atoms with Gasteiger partial charge in [0.1, 0.15) is 19.3 Å². The summed E-state index contributed by atoms with van der Waals surface area (Å²) in [5.41, 5.74) is 0. The quantitative estimate of drug-likeness (QED) is 0.0169. The lowest BCUT2D eigenvalue weighted by Gasteiger charge is -2.21. The molecule has 0 aromatic rings. The molecule has 0 aromatic carbocycles. The van der Waals surface area contributed by atoms with Gasteiger partial charge in [0.15, 0.2) is 12.2 Å². The van der Waals surface area contributed by atoms with E-state index in [-0.39, 0.29) is 25.7 Å². The van der Waals surface area contributed by atoms with Crippen molar-refractivity contribution in [3.63, 3.8) is 0 Å². The van der Waals surface area contributed by atoms with Gasteiger partial charge in [0, 0.05) is 25.7 Å². The van der Waals surface area contributed by atoms with Crippen LogP contribution in [0.1, 0.15) is 297 Å². The number of carbonyl (C=O) groups is 4. The Hall–Kier alpha value is -4.54. The molecule has 5 atom stereocenters. The number of esters is 4. The summed E-state index contributed by atoms with van der Waals surface area (Å²) in [5, 5.41) is 10.6. The SMILES string of the molecule is CC/C=C\C/C=C\C/C=C\C/C=C\CCCCC(=O)OCC(COP(=O)(O)OCC(O)COP(=O)(O)OCC(COC(=O)CCCCCCCCC/C=C\C/C=C\C/C=C\CC)OC(=O)CCCCCCC/C=C\C/C=C\CCC)OC(=O)CCCCCCC/C=C\CCCCCC. The van der Waals surface area contributed by atoms with Crippen molar-refractivity contribution in [3.05, 3.63) is 122 Å². The first-order valence-electron chi connectivity index (χ1n) is 37.8. The molecular formula is C79H134O17P2. The molecule has 0 amide bonds. The number of hydrogen-bond acceptors (Lipinski definition) is 15. The topological polar surface area (TPSA) is 237 Å². The zero-order valence-corrected chi connectivity index (χ0v) is 63.0. The van der Waals surface area contributed by atoms with Gasteiger partial charge >= 0.3 is 39.5 Å². The Bertz CT molecular complexity index is 2340. The fraction of sp³-hybridized carbons (Fsp3) is 0.696. The number of rotatable bonds is 70. The Morgan fingerprint density at radius 2 is 0.551 bits per heavy atom. The van der Waals surface area contributed by atoms with Crippen LogP contribution in [0.5, 0.6) is 0 Å². The Labute approximate surface area is 593 Å². The molecule has 19 heteroatoms. The van der Waals surface area contributed by atoms with Crippen LogP contribution in [0.15, 0.2) is 122 Å². The van der Waals surface area contributed by atoms with Gasteiger partial charge in [-0.1, -0.05) is 246 Å². The fourth-order valence-electron chi connectivity index (χ4n) is 9.67. The molecule has 0 aliphatic carbocycles. The Balaban J connectivity index is 5.38. The van der Waals surface area contributed by atoms with Crippen LogP contribution in [-0.2, 0) is 65.4 Å². The number of unbranched alkanes of at least 4 members (excludes halogenated alkanes) is 24. The van der Waals surface area contributed by atoms with Crippen LogP contribution in [0, 0.1) is 0 Å². The second-order valence-electron chi connectivity index (χ2n) is 24.8. The molecule has 0 saturated carbocycles. The van der Waals surface area contributed by atoms with Gasteiger partial charge in [0.25, 0.3) is 0 Å². The van der Waals surface area contributed by atoms with Crippen LogP contribution in [0.3, 0.4) is 0 Å². The highest BCUT2D eigenvalue weighted by Crippen LogP contribution is 2.45. The Morgan fingerprint density at radius 3 is 0.888 bits per heavy atom. The number of allylic oxidation sites excluding steroid dienone is 20. The van der Waals surface area contributed by atoms with Crippen molar-refractivity contribution in [2.24, 2.45) is 0 Å². The largest absolute Gasteiger partial charge is 0.472 e. The molecule has 3 N–H and O–H groups in total. The smallest absolute Gasteiger partial charge is 0.462 e. The fourth-order valence-corrected chi connectivity index (χ4v) is 11.2. The number of hydrogen-bond donors (Lipinski definition) is 3. The first kappa shape index (κ1) is 93.5. The summed E-state index contributed by atoms with van der Waals surface area (Å²) in [6.45, 7) is 4.48. The number of phosphoric acid groups is 2. The van der Waals surface area contributed by atoms with Crippen molar-refractivity contribution in [2.45, 2.75) is 316 Å². The van der Waals surface area contributed by atoms with Crippen LogP contribution in [0.25, 0.3) is 0 Å². The second kappa shape index (κ2) is 70.9. The summed E-state index contributed by atoms with van der Waals surface area (Å²) < 4.78 is 68.4. The van der Waals surface area contributed by atoms with Crippen LogP contribution < -0.4 is 0 Å². The number of phosphoric ester groups is 2. The average molecular weight is 1420 g/mol. The van der Waals surface area contributed by atoms with Crippen molar-refractivity contribution in [3.8, 4) is 0 Å². The van der Waals surface area contributed by atoms with Gasteiger partial charge in [-0.15, -0.1) is 0 Å². The summed E-state index contributed by atoms with van der Waals surface area (Å²) in [6, 6.07) is 0. The van der Waals surface area contributed by atoms with Gasteiger partial charge in [-0.25, -0.2) is 9.13 Å². The Morgan fingerprint density at radius 1 is 0.296 bits per heavy atom. The van der Waals surface area contributed by atoms with E-state index in [1.165, 1.54) is 25.7 Å². The van der Waals surface area contributed by atoms with Gasteiger partial charge in [0.2, 0.25) is 0 Å². The third-order valence-electron chi connectivity index (χ3n) is 15.4. The van der Waals surface area contributed by atoms with E-state index in [9.17, 15) is 43.2 Å². The Kier molecular flexibility index (Phi) is 67.6. The van der Waals surface area contributed by atoms with E-state index in [0.29, 0.717) is 25.7 Å². The first-order valence-corrected chi connectivity index (χ1v) is 40.8. The molecular weight excluding hydrogens is 1280 g/mol. The van der Waals surface area contributed by atoms with Crippen molar-refractivity contribution in [2.75, 3.05) is 39.6 Å². The molecule has 0 fully saturated rings. The maximum absolute atomic E-state index is 13.1. The molecule has 5 unspecified atom stereocenters. The van der Waals surface area contributed by atoms with Crippen molar-refractivity contribution >= 4 is 39.5 Å². The van der Waals surface area contributed by atoms with Gasteiger partial charge in [-0.3, -0.25) is 37.3 Å². The minimum Gasteiger partial charge on any atom is -0.462 e. The number of carbonyl (C=O) groups excluding carboxylic acids is 4. The van der Waals surface area contributed by atoms with E-state index in [4.69, 9.17) is 37.0 Å². The van der Waals surface area contributed by atoms with Gasteiger partial charge in [-0.05, 0) is 148 Å². The standard InChI is InChI=1S/C79H134O17P2/c1-5-9-13-17-21-25-29-33-35-36-38-42-44-48-52-56-60-64-77(82)90-70-75(96-79(84)66-62-58-54-50-46-40-32-28-24-20-16-12-8-4)72-94-98(87,88)92-68-73(80)67-91-97(85,86)93-71-74(95-78(83)65-61-57-53-49-45-39-31-27-23-19-15-11-7-3)69-89-76(81)63-59-55-51-47-43-41-37-34-30-26-22-18-14-10-6-2/h9-10,13-14,16,20-22,25-28,31-35,37,43,47,73-75,80H,5-8,11-12,15,17-19,23-24,29-30,36,38-42,44-46,48-72H2,1-4H3,(H,85,86)(H,87,88)/b13-9-,14-10-,20-16-,25-21-,26-22-,31-27-,32-28-,35-33-,37-34-,47-43-. The highest BCUT2D eigenvalue weighted by atomic mass is 31.2. The summed E-state index contributed by atoms with van der Waals surface area (Å²) in [5.74, 6) is -2.26. The molecule has 0 spiro atoms. The van der Waals surface area contributed by atoms with Crippen LogP contribution in [-0.4, -0.2) is 96.7 Å². The van der Waals surface area contributed by atoms with Crippen LogP contribution in [0.2, 0.25) is 0 Å². The van der Waals surface area contributed by atoms with Gasteiger partial charge < -0.3 is 33.8 Å². The maximum atomic E-state index is 13.1. The predicted octanol–water partition coefficient (Wildman–Crippen LogP) is 21.6. The van der Waals surface area contributed by atoms with E-state index in [0.717, 1.165) is 193 Å². The number of aliphatic hydroxyl groups excluding tert-OH is 1. The molecule has 562 valence electrons. The van der Waals surface area contributed by atoms with E-state index < -0.39 is 97.5 Å². The predicted molar refractivity (Wildman–Crippen MR) is 399 cm³/mol. The molecule has 0 rings (SSSR count). The van der Waals surface area contributed by atoms with E-state index in [2.05, 4.69) is 149 Å². The van der Waals surface area contributed by atoms with Crippen molar-refractivity contribution in [1.29, 1.82) is 0 Å². The monoisotopic (exact) mass is 1420 g/mol. The summed E-state index contributed by atoms with van der Waals surface area (Å²) in [7, 11) is -9.97. The van der Waals surface area contributed by atoms with Crippen molar-refractivity contribution in [1.82, 2.24) is 0 Å². The third kappa shape index (κ3) is 69.9. The molecule has 0 aromatic heterocycles. The maximum Gasteiger partial charge on any atom is 0.472 e. The first-order chi connectivity index (χ1) is 47.7. The third-order valence-corrected chi connectivity index (χ3v) is 17.3. The molecule has 0 aliphatic heterocycles. The summed E-state index contributed by atoms with van der Waals surface area (Å²) >= 11 is 0. The molecule has 17 nitrogen and oxygen atoms in total. The lowest BCUT2D eigenvalue weighted by molar-refractivity contribution is -0.161. The normalized spacial score (nSPS) is 14.6. The molecule has 0 saturated heterocycles. The molecule has 0 aliphatic rings. The van der Waals surface area contributed by atoms with E-state index in [1.54, 1.807) is 0 Å². The van der Waals surface area contributed by atoms with Crippen LogP contribution >= 0.6 is 15.6 Å². The highest BCUT2D eigenvalue weighted by Gasteiger charge is 2.30. The molecule has 0 heterocycles. The molecule has 98 heavy (non-hydrogen) atoms. The van der Waals surface area contributed by atoms with Crippen molar-refractivity contribution < 1.29 is 80.2 Å². The minimum atomic E-state index is -4.99.